The van der Waals surface area contributed by atoms with Gasteiger partial charge in [-0.3, -0.25) is 4.79 Å². The van der Waals surface area contributed by atoms with Crippen LogP contribution in [0.25, 0.3) is 0 Å². The molecule has 1 atom stereocenters. The van der Waals surface area contributed by atoms with Crippen molar-refractivity contribution in [2.75, 3.05) is 12.0 Å². The summed E-state index contributed by atoms with van der Waals surface area (Å²) in [6.45, 7) is 1.37. The molecule has 0 unspecified atom stereocenters. The molecular formula is C11H15NO3S. The fraction of sp³-hybridized carbons (Fsp3) is 0.364. The number of nitrogens with one attached hydrogen (secondary N) is 1. The van der Waals surface area contributed by atoms with Crippen LogP contribution >= 0.6 is 0 Å². The molecule has 5 heteroatoms. The van der Waals surface area contributed by atoms with Crippen molar-refractivity contribution in [1.29, 1.82) is 0 Å². The fourth-order valence-corrected chi connectivity index (χ4v) is 2.34. The first kappa shape index (κ1) is 12.7. The van der Waals surface area contributed by atoms with E-state index in [0.29, 0.717) is 0 Å². The molecule has 0 heterocycles. The van der Waals surface area contributed by atoms with Crippen molar-refractivity contribution >= 4 is 15.7 Å². The highest BCUT2D eigenvalue weighted by Gasteiger charge is 2.17. The van der Waals surface area contributed by atoms with E-state index in [-0.39, 0.29) is 11.7 Å². The fourth-order valence-electron chi connectivity index (χ4n) is 1.45. The number of hydrogen-bond acceptors (Lipinski definition) is 3. The largest absolute Gasteiger partial charge is 0.349 e. The first-order valence-electron chi connectivity index (χ1n) is 4.88. The minimum absolute atomic E-state index is 0.0867. The van der Waals surface area contributed by atoms with Gasteiger partial charge in [-0.1, -0.05) is 30.3 Å². The van der Waals surface area contributed by atoms with E-state index in [2.05, 4.69) is 5.32 Å². The molecule has 4 nitrogen and oxygen atoms in total. The standard InChI is InChI=1S/C11H15NO3S/c1-9(13)12-11(8-16(2,14)15)10-6-4-3-5-7-10/h3-7,11H,8H2,1-2H3,(H,12,13)/t11-/m1/s1. The molecule has 0 radical (unpaired) electrons. The van der Waals surface area contributed by atoms with E-state index in [1.807, 2.05) is 18.2 Å². The monoisotopic (exact) mass is 241 g/mol. The predicted molar refractivity (Wildman–Crippen MR) is 62.7 cm³/mol. The first-order chi connectivity index (χ1) is 7.38. The van der Waals surface area contributed by atoms with Crippen molar-refractivity contribution in [3.05, 3.63) is 35.9 Å². The van der Waals surface area contributed by atoms with Crippen molar-refractivity contribution in [3.63, 3.8) is 0 Å². The third kappa shape index (κ3) is 4.44. The van der Waals surface area contributed by atoms with Crippen molar-refractivity contribution < 1.29 is 13.2 Å². The lowest BCUT2D eigenvalue weighted by Gasteiger charge is -2.17. The first-order valence-corrected chi connectivity index (χ1v) is 6.94. The molecule has 88 valence electrons. The quantitative estimate of drug-likeness (QED) is 0.852. The normalized spacial score (nSPS) is 13.1. The van der Waals surface area contributed by atoms with E-state index in [1.54, 1.807) is 12.1 Å². The lowest BCUT2D eigenvalue weighted by Crippen LogP contribution is -2.31. The Morgan fingerprint density at radius 2 is 1.88 bits per heavy atom. The molecule has 1 rings (SSSR count). The van der Waals surface area contributed by atoms with Gasteiger partial charge in [0.1, 0.15) is 9.84 Å². The van der Waals surface area contributed by atoms with E-state index in [0.717, 1.165) is 11.8 Å². The molecule has 0 saturated carbocycles. The van der Waals surface area contributed by atoms with E-state index in [1.165, 1.54) is 6.92 Å². The van der Waals surface area contributed by atoms with Crippen LogP contribution < -0.4 is 5.32 Å². The molecule has 0 aliphatic rings. The lowest BCUT2D eigenvalue weighted by molar-refractivity contribution is -0.119. The van der Waals surface area contributed by atoms with Gasteiger partial charge >= 0.3 is 0 Å². The number of hydrogen-bond donors (Lipinski definition) is 1. The summed E-state index contributed by atoms with van der Waals surface area (Å²) in [5, 5.41) is 2.63. The summed E-state index contributed by atoms with van der Waals surface area (Å²) in [6, 6.07) is 8.58. The Labute approximate surface area is 95.6 Å². The summed E-state index contributed by atoms with van der Waals surface area (Å²) in [5.41, 5.74) is 0.795. The summed E-state index contributed by atoms with van der Waals surface area (Å²) in [5.74, 6) is -0.325. The molecule has 1 aromatic carbocycles. The van der Waals surface area contributed by atoms with Crippen LogP contribution in [0.1, 0.15) is 18.5 Å². The number of carbonyl (C=O) groups excluding carboxylic acids is 1. The SMILES string of the molecule is CC(=O)N[C@H](CS(C)(=O)=O)c1ccccc1. The van der Waals surface area contributed by atoms with Gasteiger partial charge in [-0.05, 0) is 5.56 Å². The van der Waals surface area contributed by atoms with Gasteiger partial charge < -0.3 is 5.32 Å². The maximum absolute atomic E-state index is 11.2. The van der Waals surface area contributed by atoms with Gasteiger partial charge in [0, 0.05) is 13.2 Å². The zero-order chi connectivity index (χ0) is 12.2. The van der Waals surface area contributed by atoms with Crippen LogP contribution in [0, 0.1) is 0 Å². The van der Waals surface area contributed by atoms with Crippen LogP contribution in [0.4, 0.5) is 0 Å². The van der Waals surface area contributed by atoms with Gasteiger partial charge in [-0.25, -0.2) is 8.42 Å². The number of amides is 1. The second-order valence-electron chi connectivity index (χ2n) is 3.76. The zero-order valence-corrected chi connectivity index (χ0v) is 10.1. The van der Waals surface area contributed by atoms with Crippen LogP contribution in [0.5, 0.6) is 0 Å². The van der Waals surface area contributed by atoms with Crippen molar-refractivity contribution in [2.24, 2.45) is 0 Å². The molecule has 16 heavy (non-hydrogen) atoms. The maximum atomic E-state index is 11.2. The highest BCUT2D eigenvalue weighted by molar-refractivity contribution is 7.90. The molecule has 0 saturated heterocycles. The number of benzene rings is 1. The van der Waals surface area contributed by atoms with E-state index >= 15 is 0 Å². The van der Waals surface area contributed by atoms with Gasteiger partial charge in [0.05, 0.1) is 11.8 Å². The highest BCUT2D eigenvalue weighted by Crippen LogP contribution is 2.14. The summed E-state index contributed by atoms with van der Waals surface area (Å²) in [4.78, 5) is 11.0. The second-order valence-corrected chi connectivity index (χ2v) is 5.94. The van der Waals surface area contributed by atoms with Crippen molar-refractivity contribution in [3.8, 4) is 0 Å². The minimum atomic E-state index is -3.13. The Morgan fingerprint density at radius 3 is 2.31 bits per heavy atom. The number of sulfone groups is 1. The second kappa shape index (κ2) is 5.12. The van der Waals surface area contributed by atoms with E-state index in [4.69, 9.17) is 0 Å². The van der Waals surface area contributed by atoms with Gasteiger partial charge in [0.25, 0.3) is 0 Å². The Hall–Kier alpha value is -1.36. The number of rotatable bonds is 4. The topological polar surface area (TPSA) is 63.2 Å². The zero-order valence-electron chi connectivity index (χ0n) is 9.30. The molecule has 0 aliphatic carbocycles. The van der Waals surface area contributed by atoms with Crippen molar-refractivity contribution in [2.45, 2.75) is 13.0 Å². The molecule has 0 aromatic heterocycles. The average Bonchev–Trinajstić information content (AvgIpc) is 2.15. The van der Waals surface area contributed by atoms with Gasteiger partial charge in [0.2, 0.25) is 5.91 Å². The molecular weight excluding hydrogens is 226 g/mol. The smallest absolute Gasteiger partial charge is 0.217 e. The van der Waals surface area contributed by atoms with Crippen LogP contribution in [0.15, 0.2) is 30.3 Å². The Bertz CT molecular complexity index is 453. The molecule has 1 amide bonds. The van der Waals surface area contributed by atoms with Crippen LogP contribution in [0.3, 0.4) is 0 Å². The number of carbonyl (C=O) groups is 1. The van der Waals surface area contributed by atoms with Gasteiger partial charge in [-0.15, -0.1) is 0 Å². The molecule has 0 bridgehead atoms. The molecule has 0 fully saturated rings. The summed E-state index contributed by atoms with van der Waals surface area (Å²) in [6.07, 6.45) is 1.16. The summed E-state index contributed by atoms with van der Waals surface area (Å²) >= 11 is 0. The van der Waals surface area contributed by atoms with Gasteiger partial charge in [0.15, 0.2) is 0 Å². The third-order valence-electron chi connectivity index (χ3n) is 2.05. The molecule has 0 aliphatic heterocycles. The third-order valence-corrected chi connectivity index (χ3v) is 2.99. The summed E-state index contributed by atoms with van der Waals surface area (Å²) in [7, 11) is -3.13. The Morgan fingerprint density at radius 1 is 1.31 bits per heavy atom. The minimum Gasteiger partial charge on any atom is -0.349 e. The Kier molecular flexibility index (Phi) is 4.06. The summed E-state index contributed by atoms with van der Waals surface area (Å²) < 4.78 is 22.5. The van der Waals surface area contributed by atoms with Gasteiger partial charge in [-0.2, -0.15) is 0 Å². The highest BCUT2D eigenvalue weighted by atomic mass is 32.2. The van der Waals surface area contributed by atoms with Crippen molar-refractivity contribution in [1.82, 2.24) is 5.32 Å². The average molecular weight is 241 g/mol. The van der Waals surface area contributed by atoms with E-state index in [9.17, 15) is 13.2 Å². The molecule has 1 aromatic rings. The molecule has 1 N–H and O–H groups in total. The maximum Gasteiger partial charge on any atom is 0.217 e. The van der Waals surface area contributed by atoms with Crippen LogP contribution in [-0.4, -0.2) is 26.3 Å². The Balaban J connectivity index is 2.92. The van der Waals surface area contributed by atoms with Crippen LogP contribution in [0.2, 0.25) is 0 Å². The predicted octanol–water partition coefficient (Wildman–Crippen LogP) is 0.908. The van der Waals surface area contributed by atoms with Crippen LogP contribution in [-0.2, 0) is 14.6 Å². The lowest BCUT2D eigenvalue weighted by atomic mass is 10.1. The molecule has 0 spiro atoms. The van der Waals surface area contributed by atoms with E-state index < -0.39 is 15.9 Å².